The quantitative estimate of drug-likeness (QED) is 0.714. The van der Waals surface area contributed by atoms with Crippen LogP contribution in [0.15, 0.2) is 0 Å². The Morgan fingerprint density at radius 1 is 1.40 bits per heavy atom. The molecule has 0 bridgehead atoms. The fourth-order valence-corrected chi connectivity index (χ4v) is 2.11. The van der Waals surface area contributed by atoms with E-state index < -0.39 is 17.8 Å². The van der Waals surface area contributed by atoms with E-state index in [2.05, 4.69) is 10.1 Å². The van der Waals surface area contributed by atoms with Crippen LogP contribution in [0.5, 0.6) is 0 Å². The monoisotopic (exact) mass is 288 g/mol. The average Bonchev–Trinajstić information content (AvgIpc) is 2.64. The van der Waals surface area contributed by atoms with Gasteiger partial charge in [0.2, 0.25) is 0 Å². The van der Waals surface area contributed by atoms with Crippen molar-refractivity contribution < 1.29 is 24.2 Å². The number of methoxy groups -OCH3 is 1. The molecule has 1 aliphatic rings. The van der Waals surface area contributed by atoms with Gasteiger partial charge < -0.3 is 19.9 Å². The zero-order chi connectivity index (χ0) is 15.3. The third kappa shape index (κ3) is 5.75. The number of hydrogen-bond donors (Lipinski definition) is 2. The molecule has 0 aliphatic carbocycles. The molecule has 0 unspecified atom stereocenters. The van der Waals surface area contributed by atoms with Gasteiger partial charge in [-0.1, -0.05) is 0 Å². The van der Waals surface area contributed by atoms with Crippen molar-refractivity contribution in [1.29, 1.82) is 0 Å². The van der Waals surface area contributed by atoms with E-state index in [-0.39, 0.29) is 18.6 Å². The molecule has 0 saturated carbocycles. The number of aliphatic hydroxyl groups is 1. The summed E-state index contributed by atoms with van der Waals surface area (Å²) in [4.78, 5) is 24.7. The topological polar surface area (TPSA) is 88.1 Å². The van der Waals surface area contributed by atoms with Crippen LogP contribution in [0.3, 0.4) is 0 Å². The van der Waals surface area contributed by atoms with E-state index in [0.717, 1.165) is 0 Å². The van der Waals surface area contributed by atoms with Crippen LogP contribution in [0.25, 0.3) is 0 Å². The highest BCUT2D eigenvalue weighted by molar-refractivity contribution is 5.71. The normalized spacial score (nSPS) is 23.4. The molecule has 0 radical (unpaired) electrons. The second-order valence-electron chi connectivity index (χ2n) is 5.93. The molecule has 0 aromatic carbocycles. The molecule has 2 N–H and O–H groups in total. The summed E-state index contributed by atoms with van der Waals surface area (Å²) >= 11 is 0. The molecule has 1 heterocycles. The van der Waals surface area contributed by atoms with Crippen LogP contribution in [-0.2, 0) is 14.3 Å². The number of carbonyl (C=O) groups excluding carboxylic acids is 2. The van der Waals surface area contributed by atoms with E-state index in [1.807, 2.05) is 0 Å². The van der Waals surface area contributed by atoms with E-state index in [4.69, 9.17) is 4.74 Å². The van der Waals surface area contributed by atoms with Crippen LogP contribution in [0.1, 0.15) is 27.2 Å². The number of likely N-dealkylation sites (tertiary alicyclic amines) is 1. The number of β-amino-alcohol motifs (C(OH)–C–C–N with tert-alkyl or cyclic N) is 1. The highest BCUT2D eigenvalue weighted by Gasteiger charge is 2.32. The largest absolute Gasteiger partial charge is 0.468 e. The fraction of sp³-hybridized carbons (Fsp3) is 0.846. The van der Waals surface area contributed by atoms with Crippen molar-refractivity contribution >= 4 is 12.1 Å². The molecule has 0 spiro atoms. The Morgan fingerprint density at radius 3 is 2.60 bits per heavy atom. The fourth-order valence-electron chi connectivity index (χ4n) is 2.11. The summed E-state index contributed by atoms with van der Waals surface area (Å²) in [6.45, 7) is 6.19. The van der Waals surface area contributed by atoms with Gasteiger partial charge in [0.05, 0.1) is 19.8 Å². The molecule has 2 atom stereocenters. The van der Waals surface area contributed by atoms with E-state index in [9.17, 15) is 14.7 Å². The second-order valence-corrected chi connectivity index (χ2v) is 5.93. The maximum Gasteiger partial charge on any atom is 0.407 e. The summed E-state index contributed by atoms with van der Waals surface area (Å²) in [6.07, 6.45) is -0.491. The van der Waals surface area contributed by atoms with Gasteiger partial charge in [0.1, 0.15) is 5.60 Å². The Hall–Kier alpha value is -1.34. The number of aliphatic hydroxyl groups excluding tert-OH is 1. The van der Waals surface area contributed by atoms with Crippen molar-refractivity contribution in [3.8, 4) is 0 Å². The van der Waals surface area contributed by atoms with Crippen LogP contribution >= 0.6 is 0 Å². The second kappa shape index (κ2) is 6.90. The molecule has 0 aromatic heterocycles. The van der Waals surface area contributed by atoms with Gasteiger partial charge in [-0.2, -0.15) is 0 Å². The summed E-state index contributed by atoms with van der Waals surface area (Å²) in [7, 11) is 1.32. The molecule has 7 nitrogen and oxygen atoms in total. The van der Waals surface area contributed by atoms with Gasteiger partial charge in [0.15, 0.2) is 0 Å². The lowest BCUT2D eigenvalue weighted by molar-refractivity contribution is -0.142. The summed E-state index contributed by atoms with van der Waals surface area (Å²) < 4.78 is 9.75. The molecular weight excluding hydrogens is 264 g/mol. The van der Waals surface area contributed by atoms with Gasteiger partial charge >= 0.3 is 12.1 Å². The molecule has 1 amide bonds. The molecule has 116 valence electrons. The summed E-state index contributed by atoms with van der Waals surface area (Å²) in [5.41, 5.74) is -0.551. The summed E-state index contributed by atoms with van der Waals surface area (Å²) in [5.74, 6) is -0.360. The maximum atomic E-state index is 11.6. The van der Waals surface area contributed by atoms with Gasteiger partial charge in [-0.15, -0.1) is 0 Å². The molecule has 1 aliphatic heterocycles. The Balaban J connectivity index is 2.44. The van der Waals surface area contributed by atoms with E-state index in [1.165, 1.54) is 7.11 Å². The van der Waals surface area contributed by atoms with Crippen molar-refractivity contribution in [3.05, 3.63) is 0 Å². The average molecular weight is 288 g/mol. The van der Waals surface area contributed by atoms with Crippen LogP contribution in [0.2, 0.25) is 0 Å². The molecule has 1 rings (SSSR count). The minimum absolute atomic E-state index is 0.100. The number of nitrogens with zero attached hydrogens (tertiary/aromatic N) is 1. The Kier molecular flexibility index (Phi) is 5.76. The smallest absolute Gasteiger partial charge is 0.407 e. The van der Waals surface area contributed by atoms with Crippen LogP contribution in [-0.4, -0.2) is 66.6 Å². The van der Waals surface area contributed by atoms with Gasteiger partial charge in [0, 0.05) is 19.1 Å². The summed E-state index contributed by atoms with van der Waals surface area (Å²) in [6, 6.07) is -0.100. The predicted molar refractivity (Wildman–Crippen MR) is 72.2 cm³/mol. The first kappa shape index (κ1) is 16.7. The Bertz CT molecular complexity index is 353. The van der Waals surface area contributed by atoms with Crippen molar-refractivity contribution in [1.82, 2.24) is 10.2 Å². The van der Waals surface area contributed by atoms with Gasteiger partial charge in [-0.25, -0.2) is 4.79 Å². The first-order chi connectivity index (χ1) is 9.21. The maximum absolute atomic E-state index is 11.6. The highest BCUT2D eigenvalue weighted by atomic mass is 16.6. The first-order valence-electron chi connectivity index (χ1n) is 6.67. The van der Waals surface area contributed by atoms with E-state index in [1.54, 1.807) is 25.7 Å². The molecule has 1 saturated heterocycles. The highest BCUT2D eigenvalue weighted by Crippen LogP contribution is 2.17. The lowest BCUT2D eigenvalue weighted by Crippen LogP contribution is -2.43. The van der Waals surface area contributed by atoms with Gasteiger partial charge in [-0.3, -0.25) is 9.69 Å². The van der Waals surface area contributed by atoms with Crippen molar-refractivity contribution in [2.75, 3.05) is 26.7 Å². The lowest BCUT2D eigenvalue weighted by Gasteiger charge is -2.24. The number of ether oxygens (including phenoxy) is 2. The van der Waals surface area contributed by atoms with Gasteiger partial charge in [-0.05, 0) is 27.2 Å². The van der Waals surface area contributed by atoms with Crippen LogP contribution < -0.4 is 5.32 Å². The SMILES string of the molecule is COC(=O)CN1C[C@@H](O)C[C@@H]1CNC(=O)OC(C)(C)C. The zero-order valence-electron chi connectivity index (χ0n) is 12.5. The predicted octanol–water partition coefficient (Wildman–Crippen LogP) is 0.119. The third-order valence-electron chi connectivity index (χ3n) is 2.95. The summed E-state index contributed by atoms with van der Waals surface area (Å²) in [5, 5.41) is 12.3. The number of carbonyl (C=O) groups is 2. The zero-order valence-corrected chi connectivity index (χ0v) is 12.5. The van der Waals surface area contributed by atoms with E-state index >= 15 is 0 Å². The third-order valence-corrected chi connectivity index (χ3v) is 2.95. The minimum atomic E-state index is -0.551. The van der Waals surface area contributed by atoms with Crippen LogP contribution in [0.4, 0.5) is 4.79 Å². The minimum Gasteiger partial charge on any atom is -0.468 e. The molecular formula is C13H24N2O5. The number of alkyl carbamates (subject to hydrolysis) is 1. The first-order valence-corrected chi connectivity index (χ1v) is 6.67. The molecule has 0 aromatic rings. The van der Waals surface area contributed by atoms with Gasteiger partial charge in [0.25, 0.3) is 0 Å². The lowest BCUT2D eigenvalue weighted by atomic mass is 10.2. The number of esters is 1. The van der Waals surface area contributed by atoms with Crippen molar-refractivity contribution in [2.45, 2.75) is 44.9 Å². The van der Waals surface area contributed by atoms with Crippen molar-refractivity contribution in [3.63, 3.8) is 0 Å². The number of nitrogens with one attached hydrogen (secondary N) is 1. The Labute approximate surface area is 119 Å². The number of hydrogen-bond acceptors (Lipinski definition) is 6. The number of rotatable bonds is 4. The van der Waals surface area contributed by atoms with Crippen molar-refractivity contribution in [2.24, 2.45) is 0 Å². The molecule has 1 fully saturated rings. The Morgan fingerprint density at radius 2 is 2.05 bits per heavy atom. The molecule has 20 heavy (non-hydrogen) atoms. The van der Waals surface area contributed by atoms with E-state index in [0.29, 0.717) is 19.5 Å². The number of amides is 1. The molecule has 7 heteroatoms. The van der Waals surface area contributed by atoms with Crippen LogP contribution in [0, 0.1) is 0 Å². The standard InChI is InChI=1S/C13H24N2O5/c1-13(2,3)20-12(18)14-6-9-5-10(16)7-15(9)8-11(17)19-4/h9-10,16H,5-8H2,1-4H3,(H,14,18)/t9-,10+/m1/s1.